The molecule has 0 saturated carbocycles. The summed E-state index contributed by atoms with van der Waals surface area (Å²) in [4.78, 5) is 12.0. The van der Waals surface area contributed by atoms with Gasteiger partial charge in [-0.15, -0.1) is 0 Å². The van der Waals surface area contributed by atoms with Crippen LogP contribution in [-0.4, -0.2) is 63.5 Å². The van der Waals surface area contributed by atoms with Gasteiger partial charge in [0, 0.05) is 6.42 Å². The van der Waals surface area contributed by atoms with Gasteiger partial charge in [0.1, 0.15) is 24.9 Å². The van der Waals surface area contributed by atoms with Crippen LogP contribution in [0.2, 0.25) is 0 Å². The van der Waals surface area contributed by atoms with Gasteiger partial charge in [-0.3, -0.25) is 0 Å². The molecule has 1 aliphatic rings. The predicted octanol–water partition coefficient (Wildman–Crippen LogP) is -1.04. The number of benzene rings is 1. The quantitative estimate of drug-likeness (QED) is 0.513. The number of carbonyl (C=O) groups is 1. The van der Waals surface area contributed by atoms with Crippen molar-refractivity contribution in [1.29, 1.82) is 0 Å². The van der Waals surface area contributed by atoms with Crippen molar-refractivity contribution in [3.63, 3.8) is 0 Å². The van der Waals surface area contributed by atoms with Crippen molar-refractivity contribution in [2.75, 3.05) is 6.61 Å². The minimum atomic E-state index is -1.39. The van der Waals surface area contributed by atoms with E-state index >= 15 is 0 Å². The number of hydrogen-bond donors (Lipinski definition) is 4. The van der Waals surface area contributed by atoms with E-state index in [9.17, 15) is 20.1 Å². The Hall–Kier alpha value is -1.51. The number of ether oxygens (including phenoxy) is 2. The minimum absolute atomic E-state index is 0.0609. The van der Waals surface area contributed by atoms with Crippen LogP contribution in [0.1, 0.15) is 12.0 Å². The molecule has 1 aromatic carbocycles. The molecule has 0 spiro atoms. The number of rotatable bonds is 5. The standard InChI is InChI=1S/C15H20O7/c16-7-11(18)14-13(19)10(17)6-12(22-14)15(20)21-8-9-4-2-1-3-5-9/h1-5,10-14,16-19H,6-8H2/t10-,11-,12+,13-,14-/m1/s1. The average molecular weight is 312 g/mol. The van der Waals surface area contributed by atoms with Crippen molar-refractivity contribution in [2.24, 2.45) is 0 Å². The van der Waals surface area contributed by atoms with E-state index in [4.69, 9.17) is 14.6 Å². The van der Waals surface area contributed by atoms with Crippen LogP contribution in [0.3, 0.4) is 0 Å². The van der Waals surface area contributed by atoms with Crippen molar-refractivity contribution in [2.45, 2.75) is 43.5 Å². The third kappa shape index (κ3) is 4.02. The Balaban J connectivity index is 1.94. The molecule has 1 aliphatic heterocycles. The Morgan fingerprint density at radius 1 is 1.32 bits per heavy atom. The van der Waals surface area contributed by atoms with Gasteiger partial charge in [0.25, 0.3) is 0 Å². The zero-order valence-electron chi connectivity index (χ0n) is 11.9. The summed E-state index contributed by atoms with van der Waals surface area (Å²) < 4.78 is 10.4. The predicted molar refractivity (Wildman–Crippen MR) is 74.6 cm³/mol. The molecular formula is C15H20O7. The number of aliphatic hydroxyl groups is 4. The highest BCUT2D eigenvalue weighted by molar-refractivity contribution is 5.75. The normalized spacial score (nSPS) is 29.8. The fourth-order valence-electron chi connectivity index (χ4n) is 2.30. The summed E-state index contributed by atoms with van der Waals surface area (Å²) >= 11 is 0. The molecule has 7 nitrogen and oxygen atoms in total. The minimum Gasteiger partial charge on any atom is -0.459 e. The molecule has 1 heterocycles. The van der Waals surface area contributed by atoms with Crippen molar-refractivity contribution >= 4 is 5.97 Å². The van der Waals surface area contributed by atoms with E-state index in [0.29, 0.717) is 0 Å². The topological polar surface area (TPSA) is 116 Å². The molecule has 0 aromatic heterocycles. The van der Waals surface area contributed by atoms with Gasteiger partial charge in [0.15, 0.2) is 6.10 Å². The van der Waals surface area contributed by atoms with Gasteiger partial charge in [-0.25, -0.2) is 4.79 Å². The molecular weight excluding hydrogens is 292 g/mol. The molecule has 1 fully saturated rings. The third-order valence-electron chi connectivity index (χ3n) is 3.56. The Morgan fingerprint density at radius 2 is 2.00 bits per heavy atom. The van der Waals surface area contributed by atoms with E-state index in [0.717, 1.165) is 5.56 Å². The van der Waals surface area contributed by atoms with Gasteiger partial charge in [-0.1, -0.05) is 30.3 Å². The molecule has 0 aliphatic carbocycles. The Kier molecular flexibility index (Phi) is 5.87. The van der Waals surface area contributed by atoms with Crippen LogP contribution < -0.4 is 0 Å². The van der Waals surface area contributed by atoms with Crippen LogP contribution in [0, 0.1) is 0 Å². The van der Waals surface area contributed by atoms with Crippen LogP contribution in [0.4, 0.5) is 0 Å². The highest BCUT2D eigenvalue weighted by Gasteiger charge is 2.43. The summed E-state index contributed by atoms with van der Waals surface area (Å²) in [6.45, 7) is -0.592. The van der Waals surface area contributed by atoms with Crippen LogP contribution in [0.25, 0.3) is 0 Å². The van der Waals surface area contributed by atoms with Crippen LogP contribution in [0.5, 0.6) is 0 Å². The summed E-state index contributed by atoms with van der Waals surface area (Å²) in [6.07, 6.45) is -6.50. The van der Waals surface area contributed by atoms with Crippen LogP contribution in [-0.2, 0) is 20.9 Å². The van der Waals surface area contributed by atoms with Gasteiger partial charge < -0.3 is 29.9 Å². The van der Waals surface area contributed by atoms with Crippen molar-refractivity contribution in [3.05, 3.63) is 35.9 Å². The lowest BCUT2D eigenvalue weighted by Gasteiger charge is -2.37. The average Bonchev–Trinajstić information content (AvgIpc) is 2.55. The molecule has 0 radical (unpaired) electrons. The van der Waals surface area contributed by atoms with Gasteiger partial charge in [-0.2, -0.15) is 0 Å². The van der Waals surface area contributed by atoms with E-state index in [2.05, 4.69) is 0 Å². The second-order valence-electron chi connectivity index (χ2n) is 5.23. The lowest BCUT2D eigenvalue weighted by Crippen LogP contribution is -2.56. The zero-order chi connectivity index (χ0) is 16.1. The fraction of sp³-hybridized carbons (Fsp3) is 0.533. The maximum absolute atomic E-state index is 12.0. The molecule has 2 rings (SSSR count). The first-order valence-corrected chi connectivity index (χ1v) is 7.04. The highest BCUT2D eigenvalue weighted by atomic mass is 16.6. The zero-order valence-corrected chi connectivity index (χ0v) is 11.9. The number of aliphatic hydroxyl groups excluding tert-OH is 4. The van der Waals surface area contributed by atoms with Gasteiger partial charge >= 0.3 is 5.97 Å². The second-order valence-corrected chi connectivity index (χ2v) is 5.23. The maximum atomic E-state index is 12.0. The lowest BCUT2D eigenvalue weighted by atomic mass is 9.95. The molecule has 0 bridgehead atoms. The first-order chi connectivity index (χ1) is 10.5. The smallest absolute Gasteiger partial charge is 0.335 e. The fourth-order valence-corrected chi connectivity index (χ4v) is 2.30. The number of carbonyl (C=O) groups excluding carboxylic acids is 1. The molecule has 22 heavy (non-hydrogen) atoms. The molecule has 122 valence electrons. The molecule has 0 amide bonds. The first kappa shape index (κ1) is 16.9. The SMILES string of the molecule is O=C(OCc1ccccc1)[C@@H]1C[C@@H](O)[C@@H](O)[C@@H]([C@H](O)CO)O1. The number of esters is 1. The van der Waals surface area contributed by atoms with E-state index in [1.54, 1.807) is 12.1 Å². The monoisotopic (exact) mass is 312 g/mol. The van der Waals surface area contributed by atoms with Crippen LogP contribution >= 0.6 is 0 Å². The maximum Gasteiger partial charge on any atom is 0.335 e. The van der Waals surface area contributed by atoms with Gasteiger partial charge in [0.05, 0.1) is 12.7 Å². The highest BCUT2D eigenvalue weighted by Crippen LogP contribution is 2.24. The molecule has 4 N–H and O–H groups in total. The van der Waals surface area contributed by atoms with Gasteiger partial charge in [-0.05, 0) is 5.56 Å². The van der Waals surface area contributed by atoms with Crippen molar-refractivity contribution in [1.82, 2.24) is 0 Å². The summed E-state index contributed by atoms with van der Waals surface area (Å²) in [5.74, 6) is -0.690. The van der Waals surface area contributed by atoms with Crippen molar-refractivity contribution < 1.29 is 34.7 Å². The molecule has 5 atom stereocenters. The lowest BCUT2D eigenvalue weighted by molar-refractivity contribution is -0.215. The van der Waals surface area contributed by atoms with E-state index in [-0.39, 0.29) is 13.0 Å². The summed E-state index contributed by atoms with van der Waals surface area (Å²) in [6, 6.07) is 9.06. The van der Waals surface area contributed by atoms with E-state index in [1.807, 2.05) is 18.2 Å². The molecule has 0 unspecified atom stereocenters. The molecule has 7 heteroatoms. The van der Waals surface area contributed by atoms with E-state index < -0.39 is 43.1 Å². The Morgan fingerprint density at radius 3 is 2.64 bits per heavy atom. The number of hydrogen-bond acceptors (Lipinski definition) is 7. The summed E-state index contributed by atoms with van der Waals surface area (Å²) in [7, 11) is 0. The third-order valence-corrected chi connectivity index (χ3v) is 3.56. The second kappa shape index (κ2) is 7.66. The molecule has 1 aromatic rings. The van der Waals surface area contributed by atoms with Crippen LogP contribution in [0.15, 0.2) is 30.3 Å². The first-order valence-electron chi connectivity index (χ1n) is 7.04. The largest absolute Gasteiger partial charge is 0.459 e. The van der Waals surface area contributed by atoms with E-state index in [1.165, 1.54) is 0 Å². The molecule has 1 saturated heterocycles. The van der Waals surface area contributed by atoms with Gasteiger partial charge in [0.2, 0.25) is 0 Å². The Labute approximate surface area is 127 Å². The summed E-state index contributed by atoms with van der Waals surface area (Å²) in [5.41, 5.74) is 0.805. The Bertz CT molecular complexity index is 478. The van der Waals surface area contributed by atoms with Crippen molar-refractivity contribution in [3.8, 4) is 0 Å². The summed E-state index contributed by atoms with van der Waals surface area (Å²) in [5, 5.41) is 38.0.